The number of carbonyl (C=O) groups is 3. The summed E-state index contributed by atoms with van der Waals surface area (Å²) < 4.78 is 68.0. The van der Waals surface area contributed by atoms with Crippen molar-refractivity contribution in [2.45, 2.75) is 95.5 Å². The molecular formula is C89H104N10O10S2. The van der Waals surface area contributed by atoms with E-state index in [4.69, 9.17) is 14.2 Å². The standard InChI is InChI=1S/C31H38N4O4S.C30H35N3O4S.C28H31N3O2/c1-23(2)39-30-11-6-5-10-29(30)34-18-16-33(17-19-34)22-24-8-7-9-26(20-24)31(36)35-15-14-25-21-27(12-13-28(25)35)40(37,38)32(3)4;1-22(2)37-29-10-5-4-9-28(29)32-17-15-31(16-18-32)21-23-7-6-8-25(19-23)30(34)33-14-13-24-20-26(38(3,35)36)11-12-27(24)33;1-2-33-27-13-6-5-12-26(27)30-18-16-29(17-19-30)21-22-8-7-10-24(20-22)28(32)31-15-14-23-9-3-4-11-25(23)31/h5-13,20-21,23H,14-19,22H2,1-4H3;4-12,19-20,22H,13-18,21H2,1-3H3;3-13,20H,2,14-19,21H2,1H3. The molecule has 0 aromatic heterocycles. The molecule has 6 aliphatic heterocycles. The Kier molecular flexibility index (Phi) is 25.3. The number of nitrogens with zero attached hydrogens (tertiary/aromatic N) is 10. The number of amides is 3. The highest BCUT2D eigenvalue weighted by atomic mass is 32.2. The van der Waals surface area contributed by atoms with E-state index < -0.39 is 19.9 Å². The van der Waals surface area contributed by atoms with Gasteiger partial charge in [-0.1, -0.05) is 91.0 Å². The van der Waals surface area contributed by atoms with E-state index in [1.807, 2.05) is 143 Å². The predicted molar refractivity (Wildman–Crippen MR) is 443 cm³/mol. The predicted octanol–water partition coefficient (Wildman–Crippen LogP) is 13.3. The fraction of sp³-hybridized carbons (Fsp3) is 0.360. The van der Waals surface area contributed by atoms with Gasteiger partial charge in [0.05, 0.1) is 45.7 Å². The van der Waals surface area contributed by atoms with Crippen LogP contribution < -0.4 is 43.6 Å². The molecule has 111 heavy (non-hydrogen) atoms. The van der Waals surface area contributed by atoms with Gasteiger partial charge in [0.15, 0.2) is 9.84 Å². The molecule has 20 nitrogen and oxygen atoms in total. The first-order valence-corrected chi connectivity index (χ1v) is 42.2. The highest BCUT2D eigenvalue weighted by Crippen LogP contribution is 2.37. The van der Waals surface area contributed by atoms with Gasteiger partial charge in [-0.3, -0.25) is 29.1 Å². The second kappa shape index (κ2) is 35.5. The van der Waals surface area contributed by atoms with Gasteiger partial charge in [0.2, 0.25) is 10.0 Å². The van der Waals surface area contributed by atoms with Gasteiger partial charge in [0, 0.05) is 172 Å². The van der Waals surface area contributed by atoms with Crippen LogP contribution in [0.3, 0.4) is 0 Å². The molecular weight excluding hydrogens is 1430 g/mol. The molecule has 0 atom stereocenters. The highest BCUT2D eigenvalue weighted by molar-refractivity contribution is 7.90. The van der Waals surface area contributed by atoms with Gasteiger partial charge in [0.25, 0.3) is 17.7 Å². The molecule has 22 heteroatoms. The summed E-state index contributed by atoms with van der Waals surface area (Å²) in [7, 11) is -3.75. The largest absolute Gasteiger partial charge is 0.492 e. The molecule has 3 saturated heterocycles. The molecule has 0 N–H and O–H groups in total. The molecule has 3 amide bonds. The molecule has 0 unspecified atom stereocenters. The van der Waals surface area contributed by atoms with E-state index in [2.05, 4.69) is 96.1 Å². The number of sulfone groups is 1. The van der Waals surface area contributed by atoms with E-state index in [0.29, 0.717) is 48.6 Å². The van der Waals surface area contributed by atoms with Crippen molar-refractivity contribution >= 4 is 71.7 Å². The van der Waals surface area contributed by atoms with Crippen molar-refractivity contribution in [2.24, 2.45) is 0 Å². The third-order valence-corrected chi connectivity index (χ3v) is 24.1. The van der Waals surface area contributed by atoms with Crippen molar-refractivity contribution in [3.63, 3.8) is 0 Å². The number of para-hydroxylation sites is 7. The average Bonchev–Trinajstić information content (AvgIpc) is 1.67. The molecule has 3 fully saturated rings. The first-order chi connectivity index (χ1) is 53.5. The summed E-state index contributed by atoms with van der Waals surface area (Å²) in [6, 6.07) is 66.9. The zero-order valence-corrected chi connectivity index (χ0v) is 66.8. The lowest BCUT2D eigenvalue weighted by molar-refractivity contribution is 0.0981. The molecule has 6 aliphatic rings. The normalized spacial score (nSPS) is 16.1. The lowest BCUT2D eigenvalue weighted by Gasteiger charge is -2.37. The first-order valence-electron chi connectivity index (χ1n) is 38.9. The minimum atomic E-state index is -3.52. The summed E-state index contributed by atoms with van der Waals surface area (Å²) in [5, 5.41) is 0. The van der Waals surface area contributed by atoms with E-state index in [-0.39, 0.29) is 34.8 Å². The van der Waals surface area contributed by atoms with Crippen LogP contribution >= 0.6 is 0 Å². The minimum Gasteiger partial charge on any atom is -0.492 e. The van der Waals surface area contributed by atoms with Crippen LogP contribution in [0, 0.1) is 0 Å². The van der Waals surface area contributed by atoms with Crippen LogP contribution in [0.2, 0.25) is 0 Å². The summed E-state index contributed by atoms with van der Waals surface area (Å²) in [5.74, 6) is 2.80. The number of piperazine rings is 3. The Morgan fingerprint density at radius 1 is 0.369 bits per heavy atom. The second-order valence-corrected chi connectivity index (χ2v) is 34.1. The number of rotatable bonds is 21. The maximum atomic E-state index is 13.5. The van der Waals surface area contributed by atoms with Crippen LogP contribution in [0.4, 0.5) is 34.1 Å². The number of hydrogen-bond acceptors (Lipinski definition) is 16. The molecule has 582 valence electrons. The van der Waals surface area contributed by atoms with Crippen molar-refractivity contribution in [1.82, 2.24) is 19.0 Å². The second-order valence-electron chi connectivity index (χ2n) is 29.9. The number of carbonyl (C=O) groups excluding carboxylic acids is 3. The Labute approximate surface area is 655 Å². The van der Waals surface area contributed by atoms with Gasteiger partial charge in [-0.2, -0.15) is 0 Å². The van der Waals surface area contributed by atoms with Crippen molar-refractivity contribution in [2.75, 3.05) is 155 Å². The quantitative estimate of drug-likeness (QED) is 0.0662. The average molecular weight is 1540 g/mol. The first kappa shape index (κ1) is 79.0. The number of ether oxygens (including phenoxy) is 3. The van der Waals surface area contributed by atoms with Crippen molar-refractivity contribution in [3.05, 3.63) is 256 Å². The summed E-state index contributed by atoms with van der Waals surface area (Å²) in [6.45, 7) is 26.4. The van der Waals surface area contributed by atoms with Crippen LogP contribution in [-0.2, 0) is 58.8 Å². The van der Waals surface area contributed by atoms with Crippen molar-refractivity contribution in [3.8, 4) is 17.2 Å². The van der Waals surface area contributed by atoms with E-state index in [1.54, 1.807) is 46.2 Å². The lowest BCUT2D eigenvalue weighted by atomic mass is 10.1. The van der Waals surface area contributed by atoms with Crippen LogP contribution in [-0.4, -0.2) is 191 Å². The molecule has 15 rings (SSSR count). The summed E-state index contributed by atoms with van der Waals surface area (Å²) in [4.78, 5) is 60.6. The van der Waals surface area contributed by atoms with E-state index in [0.717, 1.165) is 185 Å². The Morgan fingerprint density at radius 3 is 1.08 bits per heavy atom. The molecule has 0 bridgehead atoms. The number of fused-ring (bicyclic) bond motifs is 3. The zero-order chi connectivity index (χ0) is 77.9. The topological polar surface area (TPSA) is 180 Å². The van der Waals surface area contributed by atoms with Crippen LogP contribution in [0.1, 0.15) is 99.1 Å². The Balaban J connectivity index is 0.000000147. The molecule has 0 spiro atoms. The smallest absolute Gasteiger partial charge is 0.258 e. The van der Waals surface area contributed by atoms with Gasteiger partial charge in [-0.25, -0.2) is 21.1 Å². The molecule has 0 saturated carbocycles. The number of sulfonamides is 1. The van der Waals surface area contributed by atoms with Gasteiger partial charge in [-0.15, -0.1) is 0 Å². The maximum Gasteiger partial charge on any atom is 0.258 e. The maximum absolute atomic E-state index is 13.5. The van der Waals surface area contributed by atoms with Gasteiger partial charge in [-0.05, 0) is 203 Å². The van der Waals surface area contributed by atoms with Gasteiger partial charge in [0.1, 0.15) is 17.2 Å². The molecule has 9 aromatic rings. The van der Waals surface area contributed by atoms with E-state index >= 15 is 0 Å². The molecule has 0 radical (unpaired) electrons. The minimum absolute atomic E-state index is 0.0516. The fourth-order valence-electron chi connectivity index (χ4n) is 15.6. The van der Waals surface area contributed by atoms with Crippen LogP contribution in [0.25, 0.3) is 0 Å². The highest BCUT2D eigenvalue weighted by Gasteiger charge is 2.32. The lowest BCUT2D eigenvalue weighted by Crippen LogP contribution is -2.46. The van der Waals surface area contributed by atoms with Crippen LogP contribution in [0.5, 0.6) is 17.2 Å². The molecule has 6 heterocycles. The summed E-state index contributed by atoms with van der Waals surface area (Å²) in [6.07, 6.45) is 3.68. The third kappa shape index (κ3) is 19.1. The van der Waals surface area contributed by atoms with Crippen molar-refractivity contribution in [1.29, 1.82) is 0 Å². The zero-order valence-electron chi connectivity index (χ0n) is 65.2. The Bertz CT molecular complexity index is 5010. The third-order valence-electron chi connectivity index (χ3n) is 21.2. The summed E-state index contributed by atoms with van der Waals surface area (Å²) in [5.41, 5.74) is 14.6. The summed E-state index contributed by atoms with van der Waals surface area (Å²) >= 11 is 0. The molecule has 9 aromatic carbocycles. The Hall–Kier alpha value is -10.1. The van der Waals surface area contributed by atoms with Gasteiger partial charge >= 0.3 is 0 Å². The SMILES string of the molecule is CC(C)Oc1ccccc1N1CCN(Cc2cccc(C(=O)N3CCc4cc(S(=O)(=O)N(C)C)ccc43)c2)CC1.CC(C)Oc1ccccc1N1CCN(Cc2cccc(C(=O)N3CCc4cc(S(C)(=O)=O)ccc43)c2)CC1.CCOc1ccccc1N1CCN(Cc2cccc(C(=O)N3CCc4ccccc43)c2)CC1. The van der Waals surface area contributed by atoms with E-state index in [9.17, 15) is 31.2 Å². The number of benzene rings is 9. The van der Waals surface area contributed by atoms with Gasteiger partial charge < -0.3 is 43.6 Å². The van der Waals surface area contributed by atoms with E-state index in [1.165, 1.54) is 41.5 Å². The van der Waals surface area contributed by atoms with Crippen molar-refractivity contribution < 1.29 is 45.4 Å². The Morgan fingerprint density at radius 2 is 0.703 bits per heavy atom. The monoisotopic (exact) mass is 1540 g/mol. The molecule has 0 aliphatic carbocycles. The van der Waals surface area contributed by atoms with Crippen LogP contribution in [0.15, 0.2) is 216 Å². The number of hydrogen-bond donors (Lipinski definition) is 0. The number of anilines is 6. The fourth-order valence-corrected chi connectivity index (χ4v) is 17.2.